The van der Waals surface area contributed by atoms with E-state index in [0.717, 1.165) is 25.6 Å². The fourth-order valence-electron chi connectivity index (χ4n) is 2.93. The Morgan fingerprint density at radius 3 is 2.21 bits per heavy atom. The highest BCUT2D eigenvalue weighted by Gasteiger charge is 2.21. The lowest BCUT2D eigenvalue weighted by Crippen LogP contribution is -2.39. The van der Waals surface area contributed by atoms with Crippen LogP contribution in [-0.2, 0) is 0 Å². The summed E-state index contributed by atoms with van der Waals surface area (Å²) in [6, 6.07) is 3.37. The minimum Gasteiger partial charge on any atom is -0.496 e. The first-order valence-electron chi connectivity index (χ1n) is 8.39. The third-order valence-electron chi connectivity index (χ3n) is 4.53. The van der Waals surface area contributed by atoms with Gasteiger partial charge in [-0.3, -0.25) is 4.79 Å². The molecule has 0 saturated carbocycles. The maximum absolute atomic E-state index is 12.6. The topological polar surface area (TPSA) is 60.0 Å². The van der Waals surface area contributed by atoms with E-state index in [-0.39, 0.29) is 5.91 Å². The van der Waals surface area contributed by atoms with Crippen LogP contribution in [0.1, 0.15) is 30.1 Å². The first-order valence-corrected chi connectivity index (χ1v) is 8.39. The molecular formula is C18H28N2O4. The van der Waals surface area contributed by atoms with E-state index in [1.165, 1.54) is 27.1 Å². The first-order chi connectivity index (χ1) is 11.6. The van der Waals surface area contributed by atoms with Crippen LogP contribution in [0, 0.1) is 5.92 Å². The number of hydrogen-bond donors (Lipinski definition) is 1. The van der Waals surface area contributed by atoms with E-state index >= 15 is 0 Å². The molecule has 1 aromatic rings. The van der Waals surface area contributed by atoms with E-state index in [9.17, 15) is 4.79 Å². The number of nitrogens with zero attached hydrogens (tertiary/aromatic N) is 1. The molecule has 1 aliphatic rings. The Hall–Kier alpha value is -1.95. The van der Waals surface area contributed by atoms with Crippen molar-refractivity contribution in [2.24, 2.45) is 5.92 Å². The van der Waals surface area contributed by atoms with Crippen molar-refractivity contribution in [1.29, 1.82) is 0 Å². The number of methoxy groups -OCH3 is 3. The molecular weight excluding hydrogens is 308 g/mol. The second-order valence-electron chi connectivity index (χ2n) is 6.19. The van der Waals surface area contributed by atoms with Crippen LogP contribution in [0.4, 0.5) is 0 Å². The highest BCUT2D eigenvalue weighted by molar-refractivity contribution is 6.00. The normalized spacial score (nSPS) is 15.8. The highest BCUT2D eigenvalue weighted by atomic mass is 16.5. The fourth-order valence-corrected chi connectivity index (χ4v) is 2.93. The molecule has 134 valence electrons. The zero-order chi connectivity index (χ0) is 17.5. The molecule has 6 heteroatoms. The van der Waals surface area contributed by atoms with Crippen molar-refractivity contribution in [3.63, 3.8) is 0 Å². The van der Waals surface area contributed by atoms with Crippen molar-refractivity contribution in [2.45, 2.75) is 19.8 Å². The Kier molecular flexibility index (Phi) is 6.73. The van der Waals surface area contributed by atoms with Gasteiger partial charge < -0.3 is 24.4 Å². The molecule has 2 rings (SSSR count). The fraction of sp³-hybridized carbons (Fsp3) is 0.611. The van der Waals surface area contributed by atoms with E-state index in [0.29, 0.717) is 29.4 Å². The maximum atomic E-state index is 12.6. The molecule has 0 aliphatic carbocycles. The number of carbonyl (C=O) groups is 1. The second kappa shape index (κ2) is 8.78. The second-order valence-corrected chi connectivity index (χ2v) is 6.19. The van der Waals surface area contributed by atoms with Crippen LogP contribution in [0.2, 0.25) is 0 Å². The van der Waals surface area contributed by atoms with Gasteiger partial charge in [-0.05, 0) is 31.8 Å². The number of ether oxygens (including phenoxy) is 3. The summed E-state index contributed by atoms with van der Waals surface area (Å²) in [5.74, 6) is 2.08. The number of likely N-dealkylation sites (tertiary alicyclic amines) is 1. The number of carbonyl (C=O) groups excluding carboxylic acids is 1. The lowest BCUT2D eigenvalue weighted by Gasteiger charge is -2.30. The Balaban J connectivity index is 1.98. The van der Waals surface area contributed by atoms with Crippen molar-refractivity contribution in [2.75, 3.05) is 47.5 Å². The van der Waals surface area contributed by atoms with Crippen LogP contribution in [0.25, 0.3) is 0 Å². The lowest BCUT2D eigenvalue weighted by atomic mass is 9.99. The molecule has 1 heterocycles. The Bertz CT molecular complexity index is 529. The van der Waals surface area contributed by atoms with Gasteiger partial charge in [-0.15, -0.1) is 0 Å². The smallest absolute Gasteiger partial charge is 0.258 e. The molecule has 0 unspecified atom stereocenters. The molecule has 1 aromatic carbocycles. The van der Waals surface area contributed by atoms with Gasteiger partial charge in [0.1, 0.15) is 22.8 Å². The molecule has 0 radical (unpaired) electrons. The van der Waals surface area contributed by atoms with Gasteiger partial charge in [-0.25, -0.2) is 0 Å². The molecule has 0 spiro atoms. The van der Waals surface area contributed by atoms with Crippen LogP contribution in [0.3, 0.4) is 0 Å². The monoisotopic (exact) mass is 336 g/mol. The Morgan fingerprint density at radius 2 is 1.71 bits per heavy atom. The summed E-state index contributed by atoms with van der Waals surface area (Å²) in [7, 11) is 4.62. The van der Waals surface area contributed by atoms with Gasteiger partial charge in [-0.1, -0.05) is 6.92 Å². The van der Waals surface area contributed by atoms with Gasteiger partial charge >= 0.3 is 0 Å². The van der Waals surface area contributed by atoms with Crippen molar-refractivity contribution in [1.82, 2.24) is 10.2 Å². The van der Waals surface area contributed by atoms with Gasteiger partial charge in [0.25, 0.3) is 5.91 Å². The molecule has 1 fully saturated rings. The third-order valence-corrected chi connectivity index (χ3v) is 4.53. The molecule has 1 N–H and O–H groups in total. The molecule has 0 aromatic heterocycles. The number of nitrogens with one attached hydrogen (secondary N) is 1. The number of piperidine rings is 1. The number of benzene rings is 1. The summed E-state index contributed by atoms with van der Waals surface area (Å²) in [6.07, 6.45) is 2.46. The molecule has 0 bridgehead atoms. The molecule has 6 nitrogen and oxygen atoms in total. The van der Waals surface area contributed by atoms with E-state index in [2.05, 4.69) is 17.1 Å². The van der Waals surface area contributed by atoms with Crippen LogP contribution in [0.15, 0.2) is 12.1 Å². The summed E-state index contributed by atoms with van der Waals surface area (Å²) in [4.78, 5) is 15.0. The third kappa shape index (κ3) is 4.54. The van der Waals surface area contributed by atoms with Crippen molar-refractivity contribution < 1.29 is 19.0 Å². The zero-order valence-corrected chi connectivity index (χ0v) is 15.1. The summed E-state index contributed by atoms with van der Waals surface area (Å²) >= 11 is 0. The molecule has 0 atom stereocenters. The minimum absolute atomic E-state index is 0.197. The highest BCUT2D eigenvalue weighted by Crippen LogP contribution is 2.33. The number of hydrogen-bond acceptors (Lipinski definition) is 5. The standard InChI is InChI=1S/C18H28N2O4/c1-13-5-8-20(9-6-13)10-7-19-18(21)17-15(23-3)11-14(22-2)12-16(17)24-4/h11-13H,5-10H2,1-4H3,(H,19,21). The SMILES string of the molecule is COc1cc(OC)c(C(=O)NCCN2CCC(C)CC2)c(OC)c1. The van der Waals surface area contributed by atoms with Gasteiger partial charge in [0.2, 0.25) is 0 Å². The van der Waals surface area contributed by atoms with Crippen molar-refractivity contribution in [3.05, 3.63) is 17.7 Å². The summed E-state index contributed by atoms with van der Waals surface area (Å²) in [5.41, 5.74) is 0.396. The van der Waals surface area contributed by atoms with Crippen molar-refractivity contribution >= 4 is 5.91 Å². The summed E-state index contributed by atoms with van der Waals surface area (Å²) in [5, 5.41) is 2.96. The van der Waals surface area contributed by atoms with E-state index in [1.54, 1.807) is 19.2 Å². The largest absolute Gasteiger partial charge is 0.496 e. The average molecular weight is 336 g/mol. The first kappa shape index (κ1) is 18.4. The summed E-state index contributed by atoms with van der Waals surface area (Å²) in [6.45, 7) is 5.96. The van der Waals surface area contributed by atoms with Gasteiger partial charge in [0.05, 0.1) is 21.3 Å². The molecule has 1 saturated heterocycles. The van der Waals surface area contributed by atoms with Gasteiger partial charge in [-0.2, -0.15) is 0 Å². The van der Waals surface area contributed by atoms with Crippen LogP contribution in [0.5, 0.6) is 17.2 Å². The van der Waals surface area contributed by atoms with Crippen molar-refractivity contribution in [3.8, 4) is 17.2 Å². The maximum Gasteiger partial charge on any atom is 0.258 e. The van der Waals surface area contributed by atoms with Crippen LogP contribution >= 0.6 is 0 Å². The minimum atomic E-state index is -0.197. The molecule has 1 amide bonds. The number of amides is 1. The average Bonchev–Trinajstić information content (AvgIpc) is 2.61. The molecule has 1 aliphatic heterocycles. The lowest BCUT2D eigenvalue weighted by molar-refractivity contribution is 0.0938. The summed E-state index contributed by atoms with van der Waals surface area (Å²) < 4.78 is 15.9. The Labute approximate surface area is 144 Å². The van der Waals surface area contributed by atoms with E-state index < -0.39 is 0 Å². The van der Waals surface area contributed by atoms with Crippen LogP contribution in [-0.4, -0.2) is 58.3 Å². The quantitative estimate of drug-likeness (QED) is 0.827. The number of rotatable bonds is 7. The van der Waals surface area contributed by atoms with Gasteiger partial charge in [0, 0.05) is 25.2 Å². The predicted octanol–water partition coefficient (Wildman–Crippen LogP) is 2.17. The molecule has 24 heavy (non-hydrogen) atoms. The van der Waals surface area contributed by atoms with E-state index in [1.807, 2.05) is 0 Å². The predicted molar refractivity (Wildman–Crippen MR) is 93.3 cm³/mol. The van der Waals surface area contributed by atoms with E-state index in [4.69, 9.17) is 14.2 Å². The Morgan fingerprint density at radius 1 is 1.12 bits per heavy atom. The van der Waals surface area contributed by atoms with Crippen LogP contribution < -0.4 is 19.5 Å². The zero-order valence-electron chi connectivity index (χ0n) is 15.1. The van der Waals surface area contributed by atoms with Gasteiger partial charge in [0.15, 0.2) is 0 Å².